The third-order valence-electron chi connectivity index (χ3n) is 2.78. The smallest absolute Gasteiger partial charge is 0.0948 e. The van der Waals surface area contributed by atoms with E-state index >= 15 is 0 Å². The first-order valence-corrected chi connectivity index (χ1v) is 6.96. The molecule has 2 aromatic rings. The standard InChI is InChI=1S/C14H19N3S/c1-14(2,3)12-9-18-13(17-12)8-10(15)11-6-4-5-7-16-11/h4-7,9-10H,8,15H2,1-3H3. The van der Waals surface area contributed by atoms with Crippen LogP contribution in [0.15, 0.2) is 29.8 Å². The summed E-state index contributed by atoms with van der Waals surface area (Å²) in [6.07, 6.45) is 2.52. The Labute approximate surface area is 112 Å². The SMILES string of the molecule is CC(C)(C)c1csc(CC(N)c2ccccn2)n1. The number of hydrogen-bond donors (Lipinski definition) is 1. The van der Waals surface area contributed by atoms with E-state index in [0.29, 0.717) is 0 Å². The van der Waals surface area contributed by atoms with E-state index < -0.39 is 0 Å². The van der Waals surface area contributed by atoms with Crippen LogP contribution < -0.4 is 5.73 Å². The minimum Gasteiger partial charge on any atom is -0.322 e. The normalized spacial score (nSPS) is 13.6. The molecule has 0 aliphatic carbocycles. The number of hydrogen-bond acceptors (Lipinski definition) is 4. The molecule has 0 aliphatic rings. The molecule has 2 N–H and O–H groups in total. The zero-order chi connectivity index (χ0) is 13.2. The van der Waals surface area contributed by atoms with Crippen molar-refractivity contribution in [1.82, 2.24) is 9.97 Å². The fourth-order valence-electron chi connectivity index (χ4n) is 1.64. The lowest BCUT2D eigenvalue weighted by Gasteiger charge is -2.14. The molecule has 18 heavy (non-hydrogen) atoms. The Bertz CT molecular complexity index is 499. The molecule has 3 nitrogen and oxygen atoms in total. The van der Waals surface area contributed by atoms with Crippen molar-refractivity contribution in [2.45, 2.75) is 38.6 Å². The van der Waals surface area contributed by atoms with Crippen LogP contribution in [-0.2, 0) is 11.8 Å². The van der Waals surface area contributed by atoms with Crippen molar-refractivity contribution in [2.24, 2.45) is 5.73 Å². The molecule has 0 radical (unpaired) electrons. The molecule has 0 aliphatic heterocycles. The average Bonchev–Trinajstić information content (AvgIpc) is 2.78. The van der Waals surface area contributed by atoms with Gasteiger partial charge in [-0.05, 0) is 12.1 Å². The van der Waals surface area contributed by atoms with Gasteiger partial charge in [0.05, 0.1) is 22.4 Å². The van der Waals surface area contributed by atoms with Crippen LogP contribution >= 0.6 is 11.3 Å². The molecule has 0 saturated carbocycles. The van der Waals surface area contributed by atoms with Crippen molar-refractivity contribution in [2.75, 3.05) is 0 Å². The Morgan fingerprint density at radius 3 is 2.67 bits per heavy atom. The summed E-state index contributed by atoms with van der Waals surface area (Å²) in [5, 5.41) is 3.21. The first-order chi connectivity index (χ1) is 8.47. The fraction of sp³-hybridized carbons (Fsp3) is 0.429. The maximum atomic E-state index is 6.15. The Hall–Kier alpha value is -1.26. The van der Waals surface area contributed by atoms with Gasteiger partial charge in [-0.1, -0.05) is 26.8 Å². The van der Waals surface area contributed by atoms with Gasteiger partial charge >= 0.3 is 0 Å². The molecule has 96 valence electrons. The van der Waals surface area contributed by atoms with Crippen molar-refractivity contribution in [3.05, 3.63) is 46.2 Å². The molecule has 2 rings (SSSR count). The molecule has 1 unspecified atom stereocenters. The van der Waals surface area contributed by atoms with Gasteiger partial charge in [0.25, 0.3) is 0 Å². The molecular weight excluding hydrogens is 242 g/mol. The summed E-state index contributed by atoms with van der Waals surface area (Å²) in [7, 11) is 0. The monoisotopic (exact) mass is 261 g/mol. The molecule has 0 aromatic carbocycles. The van der Waals surface area contributed by atoms with Crippen LogP contribution in [0.4, 0.5) is 0 Å². The van der Waals surface area contributed by atoms with E-state index in [1.165, 1.54) is 0 Å². The van der Waals surface area contributed by atoms with E-state index in [1.54, 1.807) is 17.5 Å². The van der Waals surface area contributed by atoms with Crippen molar-refractivity contribution in [3.8, 4) is 0 Å². The predicted octanol–water partition coefficient (Wildman–Crippen LogP) is 3.08. The summed E-state index contributed by atoms with van der Waals surface area (Å²) < 4.78 is 0. The summed E-state index contributed by atoms with van der Waals surface area (Å²) in [6, 6.07) is 5.75. The van der Waals surface area contributed by atoms with Crippen molar-refractivity contribution >= 4 is 11.3 Å². The van der Waals surface area contributed by atoms with Gasteiger partial charge in [-0.2, -0.15) is 0 Å². The molecule has 2 aromatic heterocycles. The number of nitrogens with two attached hydrogens (primary N) is 1. The van der Waals surface area contributed by atoms with Gasteiger partial charge in [0, 0.05) is 23.4 Å². The maximum Gasteiger partial charge on any atom is 0.0948 e. The number of pyridine rings is 1. The van der Waals surface area contributed by atoms with Crippen molar-refractivity contribution in [1.29, 1.82) is 0 Å². The Kier molecular flexibility index (Phi) is 3.78. The second-order valence-electron chi connectivity index (χ2n) is 5.44. The Balaban J connectivity index is 2.08. The lowest BCUT2D eigenvalue weighted by Crippen LogP contribution is -2.15. The van der Waals surface area contributed by atoms with E-state index in [4.69, 9.17) is 5.73 Å². The molecule has 0 bridgehead atoms. The molecule has 4 heteroatoms. The quantitative estimate of drug-likeness (QED) is 0.923. The van der Waals surface area contributed by atoms with Crippen LogP contribution in [0.1, 0.15) is 43.2 Å². The van der Waals surface area contributed by atoms with E-state index in [1.807, 2.05) is 18.2 Å². The highest BCUT2D eigenvalue weighted by Crippen LogP contribution is 2.25. The van der Waals surface area contributed by atoms with Crippen molar-refractivity contribution < 1.29 is 0 Å². The fourth-order valence-corrected chi connectivity index (χ4v) is 2.72. The first kappa shape index (κ1) is 13.2. The molecule has 0 spiro atoms. The lowest BCUT2D eigenvalue weighted by molar-refractivity contribution is 0.568. The molecule has 0 amide bonds. The van der Waals surface area contributed by atoms with Crippen LogP contribution in [0, 0.1) is 0 Å². The van der Waals surface area contributed by atoms with E-state index in [-0.39, 0.29) is 11.5 Å². The predicted molar refractivity (Wildman–Crippen MR) is 75.7 cm³/mol. The third kappa shape index (κ3) is 3.15. The summed E-state index contributed by atoms with van der Waals surface area (Å²) >= 11 is 1.68. The van der Waals surface area contributed by atoms with Crippen LogP contribution in [0.5, 0.6) is 0 Å². The van der Waals surface area contributed by atoms with Gasteiger partial charge < -0.3 is 5.73 Å². The molecular formula is C14H19N3S. The number of aromatic nitrogens is 2. The summed E-state index contributed by atoms with van der Waals surface area (Å²) in [5.74, 6) is 0. The molecule has 0 saturated heterocycles. The lowest BCUT2D eigenvalue weighted by atomic mass is 9.93. The first-order valence-electron chi connectivity index (χ1n) is 6.08. The largest absolute Gasteiger partial charge is 0.322 e. The zero-order valence-corrected chi connectivity index (χ0v) is 11.9. The summed E-state index contributed by atoms with van der Waals surface area (Å²) in [6.45, 7) is 6.51. The second kappa shape index (κ2) is 5.16. The topological polar surface area (TPSA) is 51.8 Å². The minimum atomic E-state index is -0.0785. The second-order valence-corrected chi connectivity index (χ2v) is 6.38. The summed E-state index contributed by atoms with van der Waals surface area (Å²) in [5.41, 5.74) is 8.31. The number of nitrogens with zero attached hydrogens (tertiary/aromatic N) is 2. The van der Waals surface area contributed by atoms with Gasteiger partial charge in [0.2, 0.25) is 0 Å². The number of thiazole rings is 1. The van der Waals surface area contributed by atoms with E-state index in [9.17, 15) is 0 Å². The highest BCUT2D eigenvalue weighted by molar-refractivity contribution is 7.09. The van der Waals surface area contributed by atoms with Crippen LogP contribution in [0.2, 0.25) is 0 Å². The van der Waals surface area contributed by atoms with Gasteiger partial charge in [-0.25, -0.2) is 4.98 Å². The van der Waals surface area contributed by atoms with Gasteiger partial charge in [-0.15, -0.1) is 11.3 Å². The van der Waals surface area contributed by atoms with E-state index in [2.05, 4.69) is 36.1 Å². The van der Waals surface area contributed by atoms with Crippen LogP contribution in [0.3, 0.4) is 0 Å². The van der Waals surface area contributed by atoms with Gasteiger partial charge in [0.1, 0.15) is 0 Å². The van der Waals surface area contributed by atoms with Gasteiger partial charge in [0.15, 0.2) is 0 Å². The van der Waals surface area contributed by atoms with Crippen LogP contribution in [0.25, 0.3) is 0 Å². The minimum absolute atomic E-state index is 0.0785. The highest BCUT2D eigenvalue weighted by atomic mass is 32.1. The van der Waals surface area contributed by atoms with Crippen LogP contribution in [-0.4, -0.2) is 9.97 Å². The average molecular weight is 261 g/mol. The third-order valence-corrected chi connectivity index (χ3v) is 3.65. The zero-order valence-electron chi connectivity index (χ0n) is 11.1. The highest BCUT2D eigenvalue weighted by Gasteiger charge is 2.18. The Morgan fingerprint density at radius 1 is 1.33 bits per heavy atom. The number of rotatable bonds is 3. The van der Waals surface area contributed by atoms with Crippen molar-refractivity contribution in [3.63, 3.8) is 0 Å². The summed E-state index contributed by atoms with van der Waals surface area (Å²) in [4.78, 5) is 8.94. The van der Waals surface area contributed by atoms with E-state index in [0.717, 1.165) is 22.8 Å². The maximum absolute atomic E-state index is 6.15. The molecule has 2 heterocycles. The molecule has 1 atom stereocenters. The molecule has 0 fully saturated rings. The Morgan fingerprint density at radius 2 is 2.11 bits per heavy atom. The van der Waals surface area contributed by atoms with Gasteiger partial charge in [-0.3, -0.25) is 4.98 Å².